The third kappa shape index (κ3) is 5.81. The van der Waals surface area contributed by atoms with E-state index in [1.54, 1.807) is 36.2 Å². The molecule has 1 unspecified atom stereocenters. The summed E-state index contributed by atoms with van der Waals surface area (Å²) in [6.45, 7) is 4.83. The molecule has 19 heavy (non-hydrogen) atoms. The monoisotopic (exact) mass is 304 g/mol. The van der Waals surface area contributed by atoms with Crippen LogP contribution in [-0.2, 0) is 0 Å². The number of nitrogens with zero attached hydrogens (tertiary/aromatic N) is 1. The van der Waals surface area contributed by atoms with Crippen molar-refractivity contribution in [3.8, 4) is 0 Å². The number of nitrogens with two attached hydrogens (primary N) is 1. The van der Waals surface area contributed by atoms with E-state index in [2.05, 4.69) is 13.8 Å². The zero-order chi connectivity index (χ0) is 13.7. The Balaban J connectivity index is 0.00000324. The third-order valence-electron chi connectivity index (χ3n) is 3.07. The molecule has 0 bridgehead atoms. The summed E-state index contributed by atoms with van der Waals surface area (Å²) in [5, 5.41) is 0.577. The van der Waals surface area contributed by atoms with E-state index in [1.807, 2.05) is 0 Å². The van der Waals surface area contributed by atoms with E-state index in [0.29, 0.717) is 23.0 Å². The van der Waals surface area contributed by atoms with Crippen molar-refractivity contribution in [2.45, 2.75) is 26.3 Å². The molecule has 0 heterocycles. The average molecular weight is 305 g/mol. The predicted molar refractivity (Wildman–Crippen MR) is 83.1 cm³/mol. The maximum Gasteiger partial charge on any atom is 0.253 e. The molecule has 1 rings (SSSR count). The fourth-order valence-electron chi connectivity index (χ4n) is 1.62. The van der Waals surface area contributed by atoms with Crippen molar-refractivity contribution in [3.05, 3.63) is 34.9 Å². The molecule has 1 atom stereocenters. The number of halogens is 2. The average Bonchev–Trinajstić information content (AvgIpc) is 2.34. The highest BCUT2D eigenvalue weighted by Crippen LogP contribution is 2.13. The van der Waals surface area contributed by atoms with E-state index in [1.165, 1.54) is 0 Å². The minimum absolute atomic E-state index is 0. The summed E-state index contributed by atoms with van der Waals surface area (Å²) in [7, 11) is 1.79. The summed E-state index contributed by atoms with van der Waals surface area (Å²) in [5.41, 5.74) is 6.58. The third-order valence-corrected chi connectivity index (χ3v) is 3.31. The van der Waals surface area contributed by atoms with Crippen molar-refractivity contribution in [2.24, 2.45) is 11.7 Å². The van der Waals surface area contributed by atoms with Gasteiger partial charge in [0.25, 0.3) is 5.91 Å². The van der Waals surface area contributed by atoms with Gasteiger partial charge in [-0.25, -0.2) is 0 Å². The minimum atomic E-state index is -0.0199. The van der Waals surface area contributed by atoms with Crippen LogP contribution in [0, 0.1) is 5.92 Å². The lowest BCUT2D eigenvalue weighted by atomic mass is 10.0. The molecular weight excluding hydrogens is 283 g/mol. The molecule has 1 aromatic rings. The van der Waals surface area contributed by atoms with Gasteiger partial charge in [-0.3, -0.25) is 4.79 Å². The Morgan fingerprint density at radius 3 is 2.58 bits per heavy atom. The van der Waals surface area contributed by atoms with Gasteiger partial charge in [0.1, 0.15) is 0 Å². The summed E-state index contributed by atoms with van der Waals surface area (Å²) in [6.07, 6.45) is 0.806. The Labute approximate surface area is 126 Å². The zero-order valence-electron chi connectivity index (χ0n) is 11.6. The second-order valence-corrected chi connectivity index (χ2v) is 5.37. The first kappa shape index (κ1) is 18.2. The van der Waals surface area contributed by atoms with E-state index in [9.17, 15) is 4.79 Å². The summed E-state index contributed by atoms with van der Waals surface area (Å²) >= 11 is 5.87. The van der Waals surface area contributed by atoms with Gasteiger partial charge in [0.05, 0.1) is 0 Å². The minimum Gasteiger partial charge on any atom is -0.342 e. The second-order valence-electron chi connectivity index (χ2n) is 4.93. The van der Waals surface area contributed by atoms with Gasteiger partial charge >= 0.3 is 0 Å². The molecule has 108 valence electrons. The van der Waals surface area contributed by atoms with Crippen LogP contribution in [0.15, 0.2) is 24.3 Å². The van der Waals surface area contributed by atoms with Crippen molar-refractivity contribution >= 4 is 29.9 Å². The summed E-state index contributed by atoms with van der Waals surface area (Å²) in [5.74, 6) is 0.410. The first-order chi connectivity index (χ1) is 8.41. The summed E-state index contributed by atoms with van der Waals surface area (Å²) in [4.78, 5) is 13.8. The lowest BCUT2D eigenvalue weighted by molar-refractivity contribution is 0.0789. The second kappa shape index (κ2) is 8.41. The number of hydrogen-bond acceptors (Lipinski definition) is 2. The topological polar surface area (TPSA) is 46.3 Å². The number of carbonyl (C=O) groups is 1. The van der Waals surface area contributed by atoms with Gasteiger partial charge < -0.3 is 10.6 Å². The molecule has 0 aliphatic heterocycles. The first-order valence-corrected chi connectivity index (χ1v) is 6.56. The van der Waals surface area contributed by atoms with Crippen LogP contribution in [-0.4, -0.2) is 30.4 Å². The molecule has 5 heteroatoms. The smallest absolute Gasteiger partial charge is 0.253 e. The van der Waals surface area contributed by atoms with Gasteiger partial charge in [-0.05, 0) is 30.5 Å². The molecule has 0 saturated heterocycles. The Morgan fingerprint density at radius 2 is 2.05 bits per heavy atom. The van der Waals surface area contributed by atoms with Crippen molar-refractivity contribution in [1.82, 2.24) is 4.90 Å². The molecule has 3 nitrogen and oxygen atoms in total. The van der Waals surface area contributed by atoms with E-state index in [0.717, 1.165) is 6.42 Å². The van der Waals surface area contributed by atoms with E-state index >= 15 is 0 Å². The number of rotatable bonds is 5. The standard InChI is InChI=1S/C14H21ClN2O.ClH/c1-10(2)13(16)7-8-17(3)14(18)11-5-4-6-12(15)9-11;/h4-6,9-10,13H,7-8,16H2,1-3H3;1H. The zero-order valence-corrected chi connectivity index (χ0v) is 13.2. The van der Waals surface area contributed by atoms with Crippen LogP contribution in [0.4, 0.5) is 0 Å². The molecule has 0 aliphatic carbocycles. The predicted octanol–water partition coefficient (Wildman–Crippen LogP) is 3.21. The maximum absolute atomic E-state index is 12.1. The highest BCUT2D eigenvalue weighted by Gasteiger charge is 2.14. The Bertz CT molecular complexity index is 410. The molecule has 0 saturated carbocycles. The lowest BCUT2D eigenvalue weighted by Crippen LogP contribution is -2.34. The van der Waals surface area contributed by atoms with Crippen molar-refractivity contribution < 1.29 is 4.79 Å². The molecule has 0 aliphatic rings. The lowest BCUT2D eigenvalue weighted by Gasteiger charge is -2.21. The molecule has 0 radical (unpaired) electrons. The number of amides is 1. The molecule has 0 aromatic heterocycles. The molecular formula is C14H22Cl2N2O. The van der Waals surface area contributed by atoms with Crippen LogP contribution in [0.5, 0.6) is 0 Å². The number of benzene rings is 1. The van der Waals surface area contributed by atoms with Gasteiger partial charge in [0.2, 0.25) is 0 Å². The Kier molecular flexibility index (Phi) is 8.07. The van der Waals surface area contributed by atoms with Crippen LogP contribution >= 0.6 is 24.0 Å². The summed E-state index contributed by atoms with van der Waals surface area (Å²) in [6, 6.07) is 7.12. The maximum atomic E-state index is 12.1. The van der Waals surface area contributed by atoms with Crippen LogP contribution < -0.4 is 5.73 Å². The normalized spacial score (nSPS) is 11.9. The van der Waals surface area contributed by atoms with E-state index in [4.69, 9.17) is 17.3 Å². The number of hydrogen-bond donors (Lipinski definition) is 1. The van der Waals surface area contributed by atoms with E-state index in [-0.39, 0.29) is 24.4 Å². The first-order valence-electron chi connectivity index (χ1n) is 6.18. The highest BCUT2D eigenvalue weighted by molar-refractivity contribution is 6.30. The Hall–Kier alpha value is -0.770. The van der Waals surface area contributed by atoms with Gasteiger partial charge in [0, 0.05) is 30.2 Å². The Morgan fingerprint density at radius 1 is 1.42 bits per heavy atom. The van der Waals surface area contributed by atoms with Gasteiger partial charge in [-0.2, -0.15) is 0 Å². The van der Waals surface area contributed by atoms with Gasteiger partial charge in [-0.1, -0.05) is 31.5 Å². The summed E-state index contributed by atoms with van der Waals surface area (Å²) < 4.78 is 0. The largest absolute Gasteiger partial charge is 0.342 e. The van der Waals surface area contributed by atoms with Crippen LogP contribution in [0.3, 0.4) is 0 Å². The molecule has 1 amide bonds. The van der Waals surface area contributed by atoms with Crippen LogP contribution in [0.25, 0.3) is 0 Å². The van der Waals surface area contributed by atoms with Crippen molar-refractivity contribution in [2.75, 3.05) is 13.6 Å². The van der Waals surface area contributed by atoms with Crippen LogP contribution in [0.1, 0.15) is 30.6 Å². The van der Waals surface area contributed by atoms with Gasteiger partial charge in [0.15, 0.2) is 0 Å². The molecule has 0 fully saturated rings. The van der Waals surface area contributed by atoms with Gasteiger partial charge in [-0.15, -0.1) is 12.4 Å². The quantitative estimate of drug-likeness (QED) is 0.908. The fraction of sp³-hybridized carbons (Fsp3) is 0.500. The highest BCUT2D eigenvalue weighted by atomic mass is 35.5. The van der Waals surface area contributed by atoms with E-state index < -0.39 is 0 Å². The number of carbonyl (C=O) groups excluding carboxylic acids is 1. The van der Waals surface area contributed by atoms with Crippen molar-refractivity contribution in [1.29, 1.82) is 0 Å². The molecule has 0 spiro atoms. The van der Waals surface area contributed by atoms with Crippen molar-refractivity contribution in [3.63, 3.8) is 0 Å². The fourth-order valence-corrected chi connectivity index (χ4v) is 1.81. The molecule has 1 aromatic carbocycles. The SMILES string of the molecule is CC(C)C(N)CCN(C)C(=O)c1cccc(Cl)c1.Cl. The molecule has 2 N–H and O–H groups in total. The van der Waals surface area contributed by atoms with Crippen LogP contribution in [0.2, 0.25) is 5.02 Å².